The first kappa shape index (κ1) is 25.1. The highest BCUT2D eigenvalue weighted by Crippen LogP contribution is 2.24. The Bertz CT molecular complexity index is 1170. The highest BCUT2D eigenvalue weighted by atomic mass is 19.1. The van der Waals surface area contributed by atoms with E-state index in [1.807, 2.05) is 6.92 Å². The Morgan fingerprint density at radius 3 is 2.38 bits per heavy atom. The number of aromatic nitrogens is 1. The number of amides is 3. The van der Waals surface area contributed by atoms with Crippen LogP contribution in [0.25, 0.3) is 0 Å². The number of nitrogens with zero attached hydrogens (tertiary/aromatic N) is 2. The number of halogens is 1. The molecule has 34 heavy (non-hydrogen) atoms. The van der Waals surface area contributed by atoms with E-state index in [-0.39, 0.29) is 29.5 Å². The normalized spacial score (nSPS) is 17.9. The van der Waals surface area contributed by atoms with E-state index in [0.29, 0.717) is 47.5 Å². The molecule has 0 unspecified atom stereocenters. The van der Waals surface area contributed by atoms with E-state index < -0.39 is 17.6 Å². The molecule has 1 aliphatic rings. The Morgan fingerprint density at radius 2 is 1.79 bits per heavy atom. The second kappa shape index (κ2) is 9.79. The number of rotatable bonds is 5. The van der Waals surface area contributed by atoms with Crippen LogP contribution in [0, 0.1) is 26.6 Å². The molecular weight excluding hydrogens is 439 g/mol. The van der Waals surface area contributed by atoms with Crippen LogP contribution < -0.4 is 10.6 Å². The van der Waals surface area contributed by atoms with E-state index >= 15 is 0 Å². The molecule has 0 bridgehead atoms. The number of carbonyl (C=O) groups excluding carboxylic acids is 4. The van der Waals surface area contributed by atoms with Crippen molar-refractivity contribution in [1.29, 1.82) is 0 Å². The molecule has 1 aromatic heterocycles. The minimum Gasteiger partial charge on any atom is -0.346 e. The van der Waals surface area contributed by atoms with Gasteiger partial charge >= 0.3 is 0 Å². The summed E-state index contributed by atoms with van der Waals surface area (Å²) in [7, 11) is 1.63. The number of ketones is 1. The summed E-state index contributed by atoms with van der Waals surface area (Å²) in [6.07, 6.45) is 1.13. The van der Waals surface area contributed by atoms with E-state index in [1.54, 1.807) is 37.3 Å². The van der Waals surface area contributed by atoms with Gasteiger partial charge in [-0.25, -0.2) is 4.39 Å². The maximum absolute atomic E-state index is 13.5. The summed E-state index contributed by atoms with van der Waals surface area (Å²) in [5.41, 5.74) is 2.21. The fourth-order valence-corrected chi connectivity index (χ4v) is 4.68. The van der Waals surface area contributed by atoms with Gasteiger partial charge < -0.3 is 20.1 Å². The molecular formula is C25H31FN4O4. The van der Waals surface area contributed by atoms with Gasteiger partial charge in [0.15, 0.2) is 0 Å². The van der Waals surface area contributed by atoms with E-state index in [1.165, 1.54) is 25.1 Å². The molecule has 1 fully saturated rings. The van der Waals surface area contributed by atoms with Crippen LogP contribution in [0.3, 0.4) is 0 Å². The van der Waals surface area contributed by atoms with Crippen LogP contribution in [0.5, 0.6) is 0 Å². The van der Waals surface area contributed by atoms with Gasteiger partial charge in [-0.05, 0) is 69.9 Å². The number of hydrogen-bond acceptors (Lipinski definition) is 4. The molecule has 182 valence electrons. The van der Waals surface area contributed by atoms with Gasteiger partial charge in [0.1, 0.15) is 5.82 Å². The lowest BCUT2D eigenvalue weighted by Crippen LogP contribution is -2.51. The van der Waals surface area contributed by atoms with Crippen molar-refractivity contribution in [3.05, 3.63) is 52.1 Å². The first-order valence-corrected chi connectivity index (χ1v) is 11.3. The van der Waals surface area contributed by atoms with Gasteiger partial charge in [0, 0.05) is 44.0 Å². The average molecular weight is 471 g/mol. The Labute approximate surface area is 198 Å². The molecule has 2 heterocycles. The fourth-order valence-electron chi connectivity index (χ4n) is 4.68. The zero-order valence-electron chi connectivity index (χ0n) is 20.4. The topological polar surface area (TPSA) is 101 Å². The van der Waals surface area contributed by atoms with Crippen molar-refractivity contribution >= 4 is 29.2 Å². The van der Waals surface area contributed by atoms with E-state index in [2.05, 4.69) is 10.6 Å². The van der Waals surface area contributed by atoms with Crippen molar-refractivity contribution in [2.45, 2.75) is 59.5 Å². The predicted molar refractivity (Wildman–Crippen MR) is 126 cm³/mol. The third kappa shape index (κ3) is 4.88. The molecule has 8 nitrogen and oxygen atoms in total. The quantitative estimate of drug-likeness (QED) is 0.518. The highest BCUT2D eigenvalue weighted by molar-refractivity contribution is 6.43. The van der Waals surface area contributed by atoms with Gasteiger partial charge in [-0.15, -0.1) is 0 Å². The van der Waals surface area contributed by atoms with Crippen LogP contribution in [0.15, 0.2) is 18.2 Å². The number of anilines is 1. The lowest BCUT2D eigenvalue weighted by atomic mass is 9.97. The standard InChI is InChI=1S/C25H31FN4O4/c1-13-11-18(7-8-20(13)26)27-24(33)21-15(3)22(29(6)16(21)4)23(32)25(34)28-19-9-10-30(17(5)31)14(2)12-19/h7-8,11,14,19H,9-10,12H2,1-6H3,(H,27,33)(H,28,34)/t14-,19+/m1/s1. The Balaban J connectivity index is 1.77. The van der Waals surface area contributed by atoms with E-state index in [9.17, 15) is 23.6 Å². The van der Waals surface area contributed by atoms with Crippen molar-refractivity contribution < 1.29 is 23.6 Å². The highest BCUT2D eigenvalue weighted by Gasteiger charge is 2.32. The Morgan fingerprint density at radius 1 is 1.12 bits per heavy atom. The van der Waals surface area contributed by atoms with Gasteiger partial charge in [0.25, 0.3) is 17.6 Å². The first-order chi connectivity index (χ1) is 15.9. The number of likely N-dealkylation sites (tertiary alicyclic amines) is 1. The Hall–Kier alpha value is -3.49. The zero-order valence-corrected chi connectivity index (χ0v) is 20.4. The molecule has 2 atom stereocenters. The molecule has 3 rings (SSSR count). The lowest BCUT2D eigenvalue weighted by Gasteiger charge is -2.37. The van der Waals surface area contributed by atoms with E-state index in [0.717, 1.165) is 0 Å². The summed E-state index contributed by atoms with van der Waals surface area (Å²) < 4.78 is 15.1. The van der Waals surface area contributed by atoms with Crippen molar-refractivity contribution in [2.24, 2.45) is 7.05 Å². The van der Waals surface area contributed by atoms with Gasteiger partial charge in [0.2, 0.25) is 5.91 Å². The molecule has 2 aromatic rings. The van der Waals surface area contributed by atoms with Gasteiger partial charge in [-0.2, -0.15) is 0 Å². The Kier molecular flexibility index (Phi) is 7.24. The SMILES string of the molecule is CC(=O)N1CC[C@H](NC(=O)C(=O)c2c(C)c(C(=O)Nc3ccc(F)c(C)c3)c(C)n2C)C[C@H]1C. The van der Waals surface area contributed by atoms with Gasteiger partial charge in [0.05, 0.1) is 11.3 Å². The second-order valence-electron chi connectivity index (χ2n) is 9.00. The van der Waals surface area contributed by atoms with Crippen LogP contribution in [-0.2, 0) is 16.6 Å². The molecule has 3 amide bonds. The van der Waals surface area contributed by atoms with Crippen molar-refractivity contribution in [3.63, 3.8) is 0 Å². The third-order valence-corrected chi connectivity index (χ3v) is 6.61. The summed E-state index contributed by atoms with van der Waals surface area (Å²) in [5.74, 6) is -2.28. The summed E-state index contributed by atoms with van der Waals surface area (Å²) in [6.45, 7) is 8.89. The summed E-state index contributed by atoms with van der Waals surface area (Å²) in [5, 5.41) is 5.53. The largest absolute Gasteiger partial charge is 0.346 e. The number of aryl methyl sites for hydroxylation is 1. The minimum atomic E-state index is -0.738. The average Bonchev–Trinajstić information content (AvgIpc) is 2.98. The molecule has 0 spiro atoms. The number of benzene rings is 1. The van der Waals surface area contributed by atoms with Crippen LogP contribution in [0.1, 0.15) is 64.4 Å². The van der Waals surface area contributed by atoms with Crippen molar-refractivity contribution in [2.75, 3.05) is 11.9 Å². The number of hydrogen-bond donors (Lipinski definition) is 2. The molecule has 0 radical (unpaired) electrons. The fraction of sp³-hybridized carbons (Fsp3) is 0.440. The molecule has 0 aliphatic carbocycles. The smallest absolute Gasteiger partial charge is 0.294 e. The monoisotopic (exact) mass is 470 g/mol. The van der Waals surface area contributed by atoms with Gasteiger partial charge in [-0.3, -0.25) is 19.2 Å². The second-order valence-corrected chi connectivity index (χ2v) is 9.00. The summed E-state index contributed by atoms with van der Waals surface area (Å²) in [4.78, 5) is 52.3. The predicted octanol–water partition coefficient (Wildman–Crippen LogP) is 3.04. The summed E-state index contributed by atoms with van der Waals surface area (Å²) >= 11 is 0. The molecule has 0 saturated carbocycles. The van der Waals surface area contributed by atoms with Crippen LogP contribution in [-0.4, -0.2) is 51.6 Å². The molecule has 1 aromatic carbocycles. The van der Waals surface area contributed by atoms with Crippen molar-refractivity contribution in [1.82, 2.24) is 14.8 Å². The molecule has 9 heteroatoms. The molecule has 1 aliphatic heterocycles. The van der Waals surface area contributed by atoms with Crippen molar-refractivity contribution in [3.8, 4) is 0 Å². The number of Topliss-reactive ketones (excluding diaryl/α,β-unsaturated/α-hetero) is 1. The number of carbonyl (C=O) groups is 4. The minimum absolute atomic E-state index is 0.00938. The molecule has 2 N–H and O–H groups in total. The number of piperidine rings is 1. The summed E-state index contributed by atoms with van der Waals surface area (Å²) in [6, 6.07) is 4.02. The first-order valence-electron chi connectivity index (χ1n) is 11.3. The maximum Gasteiger partial charge on any atom is 0.294 e. The lowest BCUT2D eigenvalue weighted by molar-refractivity contribution is -0.132. The maximum atomic E-state index is 13.5. The third-order valence-electron chi connectivity index (χ3n) is 6.61. The molecule has 1 saturated heterocycles. The van der Waals surface area contributed by atoms with E-state index in [4.69, 9.17) is 0 Å². The number of nitrogens with one attached hydrogen (secondary N) is 2. The van der Waals surface area contributed by atoms with Crippen LogP contribution in [0.2, 0.25) is 0 Å². The van der Waals surface area contributed by atoms with Gasteiger partial charge in [-0.1, -0.05) is 0 Å². The zero-order chi connectivity index (χ0) is 25.3. The van der Waals surface area contributed by atoms with Crippen LogP contribution in [0.4, 0.5) is 10.1 Å². The van der Waals surface area contributed by atoms with Crippen LogP contribution >= 0.6 is 0 Å².